The van der Waals surface area contributed by atoms with E-state index >= 15 is 0 Å². The molecular weight excluding hydrogens is 507 g/mol. The zero-order chi connectivity index (χ0) is 20.9. The van der Waals surface area contributed by atoms with E-state index in [1.165, 1.54) is 0 Å². The average Bonchev–Trinajstić information content (AvgIpc) is 3.36. The number of amides is 1. The van der Waals surface area contributed by atoms with Crippen LogP contribution in [-0.2, 0) is 18.3 Å². The van der Waals surface area contributed by atoms with Crippen LogP contribution in [0.4, 0.5) is 5.69 Å². The third kappa shape index (κ3) is 5.54. The van der Waals surface area contributed by atoms with Gasteiger partial charge < -0.3 is 20.1 Å². The van der Waals surface area contributed by atoms with Crippen molar-refractivity contribution in [2.24, 2.45) is 12.0 Å². The summed E-state index contributed by atoms with van der Waals surface area (Å²) in [5.41, 5.74) is 2.90. The smallest absolute Gasteiger partial charge is 0.246 e. The highest BCUT2D eigenvalue weighted by molar-refractivity contribution is 14.0. The van der Waals surface area contributed by atoms with Gasteiger partial charge in [-0.05, 0) is 25.5 Å². The first kappa shape index (κ1) is 23.0. The SMILES string of the molecule is CCNC(=NCCCc1nc2ccccc2[nH]1)N1CCN(c2cnn(C)c2)C(=O)C1.I. The van der Waals surface area contributed by atoms with Crippen LogP contribution in [0.1, 0.15) is 19.2 Å². The highest BCUT2D eigenvalue weighted by Gasteiger charge is 2.27. The Labute approximate surface area is 198 Å². The Balaban J connectivity index is 0.00000272. The Bertz CT molecular complexity index is 1010. The molecular formula is C21H29IN8O. The molecule has 1 aromatic carbocycles. The summed E-state index contributed by atoms with van der Waals surface area (Å²) in [5.74, 6) is 1.83. The van der Waals surface area contributed by atoms with Gasteiger partial charge in [0.1, 0.15) is 12.4 Å². The normalized spacial score (nSPS) is 14.8. The van der Waals surface area contributed by atoms with Crippen LogP contribution < -0.4 is 10.2 Å². The number of para-hydroxylation sites is 2. The van der Waals surface area contributed by atoms with Crippen LogP contribution >= 0.6 is 24.0 Å². The maximum absolute atomic E-state index is 12.7. The van der Waals surface area contributed by atoms with E-state index in [2.05, 4.69) is 20.4 Å². The minimum atomic E-state index is 0. The van der Waals surface area contributed by atoms with Crippen molar-refractivity contribution in [3.8, 4) is 0 Å². The van der Waals surface area contributed by atoms with Crippen LogP contribution in [0.3, 0.4) is 0 Å². The van der Waals surface area contributed by atoms with Gasteiger partial charge in [-0.3, -0.25) is 14.5 Å². The zero-order valence-corrected chi connectivity index (χ0v) is 20.2. The lowest BCUT2D eigenvalue weighted by molar-refractivity contribution is -0.120. The highest BCUT2D eigenvalue weighted by Crippen LogP contribution is 2.16. The van der Waals surface area contributed by atoms with E-state index in [0.717, 1.165) is 54.4 Å². The molecule has 1 saturated heterocycles. The van der Waals surface area contributed by atoms with Crippen molar-refractivity contribution in [3.05, 3.63) is 42.5 Å². The van der Waals surface area contributed by atoms with Crippen molar-refractivity contribution in [1.29, 1.82) is 0 Å². The predicted octanol–water partition coefficient (Wildman–Crippen LogP) is 2.16. The number of hydrogen-bond acceptors (Lipinski definition) is 4. The van der Waals surface area contributed by atoms with Crippen LogP contribution in [0.15, 0.2) is 41.7 Å². The number of fused-ring (bicyclic) bond motifs is 1. The number of nitrogens with one attached hydrogen (secondary N) is 2. The number of carbonyl (C=O) groups is 1. The fraction of sp³-hybridized carbons (Fsp3) is 0.429. The molecule has 9 nitrogen and oxygen atoms in total. The molecule has 1 fully saturated rings. The van der Waals surface area contributed by atoms with Gasteiger partial charge in [-0.1, -0.05) is 12.1 Å². The van der Waals surface area contributed by atoms with Crippen molar-refractivity contribution in [2.45, 2.75) is 19.8 Å². The summed E-state index contributed by atoms with van der Waals surface area (Å²) < 4.78 is 1.71. The Kier molecular flexibility index (Phi) is 7.88. The highest BCUT2D eigenvalue weighted by atomic mass is 127. The van der Waals surface area contributed by atoms with Crippen molar-refractivity contribution in [1.82, 2.24) is 30.0 Å². The van der Waals surface area contributed by atoms with Crippen LogP contribution in [-0.4, -0.2) is 69.2 Å². The van der Waals surface area contributed by atoms with Crippen LogP contribution in [0.5, 0.6) is 0 Å². The number of piperazine rings is 1. The van der Waals surface area contributed by atoms with Crippen molar-refractivity contribution >= 4 is 52.6 Å². The largest absolute Gasteiger partial charge is 0.357 e. The minimum Gasteiger partial charge on any atom is -0.357 e. The summed E-state index contributed by atoms with van der Waals surface area (Å²) in [5, 5.41) is 7.48. The number of halogens is 1. The van der Waals surface area contributed by atoms with Gasteiger partial charge in [0.25, 0.3) is 0 Å². The number of carbonyl (C=O) groups excluding carboxylic acids is 1. The fourth-order valence-electron chi connectivity index (χ4n) is 3.66. The number of anilines is 1. The Hall–Kier alpha value is -2.63. The molecule has 0 radical (unpaired) electrons. The summed E-state index contributed by atoms with van der Waals surface area (Å²) in [4.78, 5) is 29.2. The number of benzene rings is 1. The van der Waals surface area contributed by atoms with Gasteiger partial charge in [-0.15, -0.1) is 24.0 Å². The third-order valence-electron chi connectivity index (χ3n) is 5.13. The molecule has 166 valence electrons. The minimum absolute atomic E-state index is 0. The van der Waals surface area contributed by atoms with Crippen molar-refractivity contribution < 1.29 is 4.79 Å². The molecule has 3 aromatic rings. The summed E-state index contributed by atoms with van der Waals surface area (Å²) in [6.07, 6.45) is 5.32. The molecule has 0 atom stereocenters. The average molecular weight is 536 g/mol. The van der Waals surface area contributed by atoms with Gasteiger partial charge in [-0.25, -0.2) is 4.98 Å². The molecule has 0 saturated carbocycles. The Morgan fingerprint density at radius 3 is 2.84 bits per heavy atom. The topological polar surface area (TPSA) is 94.4 Å². The number of aliphatic imine (C=N–C) groups is 1. The second kappa shape index (κ2) is 10.6. The first-order chi connectivity index (χ1) is 14.6. The molecule has 3 heterocycles. The lowest BCUT2D eigenvalue weighted by Gasteiger charge is -2.35. The van der Waals surface area contributed by atoms with E-state index in [-0.39, 0.29) is 29.9 Å². The molecule has 10 heteroatoms. The van der Waals surface area contributed by atoms with Gasteiger partial charge in [-0.2, -0.15) is 5.10 Å². The van der Waals surface area contributed by atoms with E-state index < -0.39 is 0 Å². The van der Waals surface area contributed by atoms with E-state index in [1.807, 2.05) is 49.3 Å². The number of hydrogen-bond donors (Lipinski definition) is 2. The molecule has 0 aliphatic carbocycles. The van der Waals surface area contributed by atoms with E-state index in [0.29, 0.717) is 19.6 Å². The maximum atomic E-state index is 12.7. The molecule has 1 aliphatic heterocycles. The monoisotopic (exact) mass is 536 g/mol. The number of aryl methyl sites for hydroxylation is 2. The number of nitrogens with zero attached hydrogens (tertiary/aromatic N) is 6. The Morgan fingerprint density at radius 1 is 1.29 bits per heavy atom. The maximum Gasteiger partial charge on any atom is 0.246 e. The second-order valence-corrected chi connectivity index (χ2v) is 7.38. The standard InChI is InChI=1S/C21H28N8O.HI/c1-3-22-21(23-10-6-9-19-25-17-7-4-5-8-18(17)26-19)28-11-12-29(20(30)15-28)16-13-24-27(2)14-16;/h4-5,7-8,13-14H,3,6,9-12,15H2,1-2H3,(H,22,23)(H,25,26);1H. The second-order valence-electron chi connectivity index (χ2n) is 7.38. The molecule has 2 aromatic heterocycles. The number of aromatic nitrogens is 4. The summed E-state index contributed by atoms with van der Waals surface area (Å²) in [6, 6.07) is 8.05. The number of guanidine groups is 1. The first-order valence-electron chi connectivity index (χ1n) is 10.4. The zero-order valence-electron chi connectivity index (χ0n) is 17.9. The van der Waals surface area contributed by atoms with Crippen LogP contribution in [0.2, 0.25) is 0 Å². The van der Waals surface area contributed by atoms with Crippen LogP contribution in [0, 0.1) is 0 Å². The summed E-state index contributed by atoms with van der Waals surface area (Å²) in [6.45, 7) is 5.14. The van der Waals surface area contributed by atoms with Crippen molar-refractivity contribution in [3.63, 3.8) is 0 Å². The number of H-pyrrole nitrogens is 1. The first-order valence-corrected chi connectivity index (χ1v) is 10.4. The third-order valence-corrected chi connectivity index (χ3v) is 5.13. The molecule has 1 amide bonds. The number of imidazole rings is 1. The molecule has 0 unspecified atom stereocenters. The van der Waals surface area contributed by atoms with E-state index in [9.17, 15) is 4.79 Å². The Morgan fingerprint density at radius 2 is 2.13 bits per heavy atom. The van der Waals surface area contributed by atoms with Crippen molar-refractivity contribution in [2.75, 3.05) is 37.6 Å². The van der Waals surface area contributed by atoms with Gasteiger partial charge in [0.15, 0.2) is 5.96 Å². The van der Waals surface area contributed by atoms with Gasteiger partial charge in [0, 0.05) is 45.8 Å². The van der Waals surface area contributed by atoms with Gasteiger partial charge in [0.2, 0.25) is 5.91 Å². The molecule has 0 spiro atoms. The van der Waals surface area contributed by atoms with E-state index in [1.54, 1.807) is 15.8 Å². The van der Waals surface area contributed by atoms with Crippen LogP contribution in [0.25, 0.3) is 11.0 Å². The quantitative estimate of drug-likeness (QED) is 0.218. The van der Waals surface area contributed by atoms with E-state index in [4.69, 9.17) is 4.99 Å². The van der Waals surface area contributed by atoms with Gasteiger partial charge in [0.05, 0.1) is 22.9 Å². The summed E-state index contributed by atoms with van der Waals surface area (Å²) in [7, 11) is 1.85. The van der Waals surface area contributed by atoms with Gasteiger partial charge >= 0.3 is 0 Å². The fourth-order valence-corrected chi connectivity index (χ4v) is 3.66. The lowest BCUT2D eigenvalue weighted by Crippen LogP contribution is -2.55. The predicted molar refractivity (Wildman–Crippen MR) is 133 cm³/mol. The number of aromatic amines is 1. The molecule has 1 aliphatic rings. The molecule has 4 rings (SSSR count). The summed E-state index contributed by atoms with van der Waals surface area (Å²) >= 11 is 0. The molecule has 31 heavy (non-hydrogen) atoms. The lowest BCUT2D eigenvalue weighted by atomic mass is 10.3. The molecule has 0 bridgehead atoms. The molecule has 2 N–H and O–H groups in total. The number of rotatable bonds is 6.